The van der Waals surface area contributed by atoms with Crippen molar-refractivity contribution in [1.82, 2.24) is 14.8 Å². The van der Waals surface area contributed by atoms with Gasteiger partial charge in [-0.1, -0.05) is 30.3 Å². The Hall–Kier alpha value is -2.99. The average molecular weight is 349 g/mol. The van der Waals surface area contributed by atoms with Gasteiger partial charge in [0.15, 0.2) is 15.5 Å². The molecule has 0 unspecified atom stereocenters. The molecule has 4 rings (SSSR count). The lowest BCUT2D eigenvalue weighted by Crippen LogP contribution is -1.97. The molecule has 0 saturated heterocycles. The Morgan fingerprint density at radius 1 is 0.880 bits per heavy atom. The van der Waals surface area contributed by atoms with Crippen molar-refractivity contribution in [2.45, 2.75) is 4.90 Å². The maximum atomic E-state index is 11.7. The van der Waals surface area contributed by atoms with Gasteiger partial charge in [0, 0.05) is 23.4 Å². The summed E-state index contributed by atoms with van der Waals surface area (Å²) >= 11 is 0. The monoisotopic (exact) mass is 349 g/mol. The minimum atomic E-state index is -3.22. The van der Waals surface area contributed by atoms with Gasteiger partial charge in [0.1, 0.15) is 5.69 Å². The third-order valence-corrected chi connectivity index (χ3v) is 5.13. The van der Waals surface area contributed by atoms with Crippen LogP contribution in [0.3, 0.4) is 0 Å². The first-order chi connectivity index (χ1) is 12.0. The van der Waals surface area contributed by atoms with Crippen molar-refractivity contribution in [2.75, 3.05) is 6.26 Å². The SMILES string of the molecule is CS(=O)(=O)c1ccc(-c2nn(-c3ccccc3)c3ncccc23)cc1. The zero-order chi connectivity index (χ0) is 17.4. The van der Waals surface area contributed by atoms with E-state index in [0.717, 1.165) is 28.0 Å². The molecule has 2 aromatic carbocycles. The van der Waals surface area contributed by atoms with Crippen LogP contribution in [0, 0.1) is 0 Å². The second kappa shape index (κ2) is 5.82. The van der Waals surface area contributed by atoms with Crippen LogP contribution in [0.5, 0.6) is 0 Å². The lowest BCUT2D eigenvalue weighted by atomic mass is 10.1. The molecule has 124 valence electrons. The third-order valence-electron chi connectivity index (χ3n) is 4.00. The predicted octanol–water partition coefficient (Wildman–Crippen LogP) is 3.49. The molecule has 2 heterocycles. The number of para-hydroxylation sites is 1. The molecule has 0 radical (unpaired) electrons. The first kappa shape index (κ1) is 15.5. The van der Waals surface area contributed by atoms with Crippen LogP contribution < -0.4 is 0 Å². The van der Waals surface area contributed by atoms with Crippen LogP contribution >= 0.6 is 0 Å². The second-order valence-electron chi connectivity index (χ2n) is 5.77. The van der Waals surface area contributed by atoms with E-state index in [0.29, 0.717) is 4.90 Å². The van der Waals surface area contributed by atoms with E-state index in [9.17, 15) is 8.42 Å². The molecule has 4 aromatic rings. The van der Waals surface area contributed by atoms with Gasteiger partial charge in [-0.3, -0.25) is 0 Å². The summed E-state index contributed by atoms with van der Waals surface area (Å²) in [6.45, 7) is 0. The predicted molar refractivity (Wildman–Crippen MR) is 97.4 cm³/mol. The molecule has 0 atom stereocenters. The minimum Gasteiger partial charge on any atom is -0.237 e. The molecule has 0 aliphatic heterocycles. The Bertz CT molecular complexity index is 1150. The summed E-state index contributed by atoms with van der Waals surface area (Å²) in [6, 6.07) is 20.4. The van der Waals surface area contributed by atoms with Gasteiger partial charge in [0.2, 0.25) is 0 Å². The zero-order valence-electron chi connectivity index (χ0n) is 13.5. The second-order valence-corrected chi connectivity index (χ2v) is 7.78. The van der Waals surface area contributed by atoms with Crippen molar-refractivity contribution < 1.29 is 8.42 Å². The number of benzene rings is 2. The van der Waals surface area contributed by atoms with E-state index < -0.39 is 9.84 Å². The fourth-order valence-electron chi connectivity index (χ4n) is 2.77. The Morgan fingerprint density at radius 2 is 1.60 bits per heavy atom. The standard InChI is InChI=1S/C19H15N3O2S/c1-25(23,24)16-11-9-14(10-12-16)18-17-8-5-13-20-19(17)22(21-18)15-6-3-2-4-7-15/h2-13H,1H3. The van der Waals surface area contributed by atoms with Gasteiger partial charge in [-0.15, -0.1) is 0 Å². The number of pyridine rings is 1. The first-order valence-electron chi connectivity index (χ1n) is 7.74. The number of nitrogens with zero attached hydrogens (tertiary/aromatic N) is 3. The van der Waals surface area contributed by atoms with Crippen LogP contribution in [-0.2, 0) is 9.84 Å². The average Bonchev–Trinajstić information content (AvgIpc) is 3.02. The Labute approximate surface area is 145 Å². The third kappa shape index (κ3) is 2.81. The van der Waals surface area contributed by atoms with E-state index in [1.54, 1.807) is 35.1 Å². The fourth-order valence-corrected chi connectivity index (χ4v) is 3.40. The summed E-state index contributed by atoms with van der Waals surface area (Å²) in [4.78, 5) is 4.76. The highest BCUT2D eigenvalue weighted by Gasteiger charge is 2.15. The Balaban J connectivity index is 1.91. The van der Waals surface area contributed by atoms with Crippen molar-refractivity contribution in [3.8, 4) is 16.9 Å². The zero-order valence-corrected chi connectivity index (χ0v) is 14.3. The number of sulfone groups is 1. The number of aromatic nitrogens is 3. The first-order valence-corrected chi connectivity index (χ1v) is 9.63. The number of fused-ring (bicyclic) bond motifs is 1. The Kier molecular flexibility index (Phi) is 3.62. The van der Waals surface area contributed by atoms with E-state index in [4.69, 9.17) is 5.10 Å². The van der Waals surface area contributed by atoms with E-state index in [1.165, 1.54) is 6.26 Å². The molecule has 0 bridgehead atoms. The molecular formula is C19H15N3O2S. The molecule has 0 spiro atoms. The van der Waals surface area contributed by atoms with Crippen LogP contribution in [0.4, 0.5) is 0 Å². The van der Waals surface area contributed by atoms with Gasteiger partial charge in [-0.05, 0) is 36.4 Å². The van der Waals surface area contributed by atoms with Crippen LogP contribution in [0.25, 0.3) is 28.0 Å². The van der Waals surface area contributed by atoms with Crippen molar-refractivity contribution in [2.24, 2.45) is 0 Å². The van der Waals surface area contributed by atoms with Gasteiger partial charge in [0.05, 0.1) is 10.6 Å². The summed E-state index contributed by atoms with van der Waals surface area (Å²) in [7, 11) is -3.22. The normalized spacial score (nSPS) is 11.7. The molecule has 0 aliphatic rings. The highest BCUT2D eigenvalue weighted by atomic mass is 32.2. The molecule has 2 aromatic heterocycles. The number of hydrogen-bond acceptors (Lipinski definition) is 4. The summed E-state index contributed by atoms with van der Waals surface area (Å²) in [5.74, 6) is 0. The smallest absolute Gasteiger partial charge is 0.175 e. The van der Waals surface area contributed by atoms with E-state index in [-0.39, 0.29) is 0 Å². The molecule has 6 heteroatoms. The molecule has 0 saturated carbocycles. The van der Waals surface area contributed by atoms with Gasteiger partial charge >= 0.3 is 0 Å². The van der Waals surface area contributed by atoms with E-state index >= 15 is 0 Å². The summed E-state index contributed by atoms with van der Waals surface area (Å²) in [6.07, 6.45) is 2.94. The molecule has 0 N–H and O–H groups in total. The molecular weight excluding hydrogens is 334 g/mol. The summed E-state index contributed by atoms with van der Waals surface area (Å²) < 4.78 is 25.1. The largest absolute Gasteiger partial charge is 0.237 e. The van der Waals surface area contributed by atoms with E-state index in [1.807, 2.05) is 42.5 Å². The van der Waals surface area contributed by atoms with Crippen molar-refractivity contribution in [3.63, 3.8) is 0 Å². The molecule has 5 nitrogen and oxygen atoms in total. The Morgan fingerprint density at radius 3 is 2.28 bits per heavy atom. The van der Waals surface area contributed by atoms with Crippen molar-refractivity contribution >= 4 is 20.9 Å². The fraction of sp³-hybridized carbons (Fsp3) is 0.0526. The van der Waals surface area contributed by atoms with E-state index in [2.05, 4.69) is 4.98 Å². The topological polar surface area (TPSA) is 64.8 Å². The number of rotatable bonds is 3. The maximum Gasteiger partial charge on any atom is 0.175 e. The summed E-state index contributed by atoms with van der Waals surface area (Å²) in [5, 5.41) is 5.64. The van der Waals surface area contributed by atoms with Crippen LogP contribution in [0.1, 0.15) is 0 Å². The van der Waals surface area contributed by atoms with Crippen LogP contribution in [-0.4, -0.2) is 29.4 Å². The van der Waals surface area contributed by atoms with Crippen LogP contribution in [0.15, 0.2) is 77.8 Å². The highest BCUT2D eigenvalue weighted by Crippen LogP contribution is 2.29. The molecule has 0 aliphatic carbocycles. The highest BCUT2D eigenvalue weighted by molar-refractivity contribution is 7.90. The maximum absolute atomic E-state index is 11.7. The van der Waals surface area contributed by atoms with Gasteiger partial charge in [-0.25, -0.2) is 18.1 Å². The lowest BCUT2D eigenvalue weighted by molar-refractivity contribution is 0.602. The van der Waals surface area contributed by atoms with Crippen molar-refractivity contribution in [1.29, 1.82) is 0 Å². The quantitative estimate of drug-likeness (QED) is 0.568. The number of hydrogen-bond donors (Lipinski definition) is 0. The summed E-state index contributed by atoms with van der Waals surface area (Å²) in [5.41, 5.74) is 3.30. The van der Waals surface area contributed by atoms with Gasteiger partial charge < -0.3 is 0 Å². The molecule has 0 amide bonds. The minimum absolute atomic E-state index is 0.293. The van der Waals surface area contributed by atoms with Crippen molar-refractivity contribution in [3.05, 3.63) is 72.9 Å². The molecule has 25 heavy (non-hydrogen) atoms. The molecule has 0 fully saturated rings. The lowest BCUT2D eigenvalue weighted by Gasteiger charge is -2.02. The van der Waals surface area contributed by atoms with Gasteiger partial charge in [-0.2, -0.15) is 5.10 Å². The van der Waals surface area contributed by atoms with Gasteiger partial charge in [0.25, 0.3) is 0 Å². The van der Waals surface area contributed by atoms with Crippen LogP contribution in [0.2, 0.25) is 0 Å².